The number of unbranched alkanes of at least 4 members (excludes halogenated alkanes) is 1. The summed E-state index contributed by atoms with van der Waals surface area (Å²) in [5.74, 6) is 0.244. The average molecular weight is 597 g/mol. The van der Waals surface area contributed by atoms with Crippen molar-refractivity contribution in [1.29, 1.82) is 0 Å². The van der Waals surface area contributed by atoms with E-state index < -0.39 is 11.6 Å². The number of allylic oxidation sites excluding steroid dienone is 1. The highest BCUT2D eigenvalue weighted by atomic mass is 35.5. The van der Waals surface area contributed by atoms with Crippen LogP contribution in [-0.4, -0.2) is 43.6 Å². The Labute approximate surface area is 245 Å². The van der Waals surface area contributed by atoms with Crippen LogP contribution in [-0.2, 0) is 5.60 Å². The van der Waals surface area contributed by atoms with Gasteiger partial charge in [0.15, 0.2) is 5.60 Å². The number of rotatable bonds is 12. The van der Waals surface area contributed by atoms with E-state index in [-0.39, 0.29) is 29.4 Å². The van der Waals surface area contributed by atoms with Gasteiger partial charge in [-0.1, -0.05) is 58.3 Å². The lowest BCUT2D eigenvalue weighted by atomic mass is 9.96. The summed E-state index contributed by atoms with van der Waals surface area (Å²) in [4.78, 5) is 19.9. The molecule has 0 spiro atoms. The Bertz CT molecular complexity index is 1610. The molecule has 0 saturated heterocycles. The molecule has 1 aliphatic rings. The molecule has 5 rings (SSSR count). The third-order valence-electron chi connectivity index (χ3n) is 6.83. The molecule has 12 heteroatoms. The first-order valence-electron chi connectivity index (χ1n) is 12.8. The summed E-state index contributed by atoms with van der Waals surface area (Å²) < 4.78 is 16.1. The molecule has 0 radical (unpaired) electrons. The van der Waals surface area contributed by atoms with Crippen LogP contribution < -0.4 is 4.74 Å². The molecule has 1 unspecified atom stereocenters. The topological polar surface area (TPSA) is 145 Å². The van der Waals surface area contributed by atoms with Crippen molar-refractivity contribution in [2.75, 3.05) is 7.11 Å². The van der Waals surface area contributed by atoms with Gasteiger partial charge in [-0.25, -0.2) is 4.79 Å². The molecule has 0 amide bonds. The van der Waals surface area contributed by atoms with Gasteiger partial charge in [0.25, 0.3) is 5.89 Å². The molecule has 212 valence electrons. The van der Waals surface area contributed by atoms with Gasteiger partial charge < -0.3 is 24.0 Å². The molecular formula is C29H26Cl2N4O6. The number of benzene rings is 1. The molecule has 2 N–H and O–H groups in total. The molecule has 3 aromatic heterocycles. The van der Waals surface area contributed by atoms with Gasteiger partial charge in [0.2, 0.25) is 5.82 Å². The second kappa shape index (κ2) is 11.9. The molecule has 0 aliphatic heterocycles. The number of carboxylic acid groups (broad SMARTS) is 1. The Morgan fingerprint density at radius 1 is 1.22 bits per heavy atom. The SMILES string of the molecule is C=CC(O)(CCC/C=C/c1c(-c2c(Cl)cncc2Cl)noc1C1CC1)c1nc(-c2ccc(OC)c(C(=O)O)c2)no1. The number of hydrogen-bond acceptors (Lipinski definition) is 9. The lowest BCUT2D eigenvalue weighted by molar-refractivity contribution is 0.0425. The van der Waals surface area contributed by atoms with Gasteiger partial charge in [-0.3, -0.25) is 4.98 Å². The standard InChI is InChI=1S/C29H26Cl2N4O6/c1-3-29(38,28-33-26(35-41-28)17-10-11-22(39-2)19(13-17)27(36)37)12-6-4-5-7-18-24(34-40-25(18)16-8-9-16)23-20(30)14-32-15-21(23)31/h3,5,7,10-11,13-16,38H,1,4,6,8-9,12H2,2H3,(H,36,37)/b7-5+. The highest BCUT2D eigenvalue weighted by Crippen LogP contribution is 2.46. The maximum Gasteiger partial charge on any atom is 0.339 e. The summed E-state index contributed by atoms with van der Waals surface area (Å²) >= 11 is 12.8. The highest BCUT2D eigenvalue weighted by molar-refractivity contribution is 6.39. The van der Waals surface area contributed by atoms with Gasteiger partial charge in [-0.15, -0.1) is 0 Å². The van der Waals surface area contributed by atoms with Crippen LogP contribution >= 0.6 is 23.2 Å². The van der Waals surface area contributed by atoms with Gasteiger partial charge in [0.05, 0.1) is 17.2 Å². The Morgan fingerprint density at radius 3 is 2.63 bits per heavy atom. The number of pyridine rings is 1. The van der Waals surface area contributed by atoms with Crippen molar-refractivity contribution in [3.8, 4) is 28.4 Å². The first kappa shape index (κ1) is 28.5. The number of carbonyl (C=O) groups is 1. The number of ether oxygens (including phenoxy) is 1. The summed E-state index contributed by atoms with van der Waals surface area (Å²) in [6.07, 6.45) is 11.7. The zero-order valence-corrected chi connectivity index (χ0v) is 23.5. The number of aliphatic hydroxyl groups is 1. The minimum Gasteiger partial charge on any atom is -0.496 e. The average Bonchev–Trinajstić information content (AvgIpc) is 3.53. The Kier molecular flexibility index (Phi) is 8.25. The Balaban J connectivity index is 1.29. The van der Waals surface area contributed by atoms with Crippen molar-refractivity contribution in [3.05, 3.63) is 82.1 Å². The van der Waals surface area contributed by atoms with Gasteiger partial charge in [0.1, 0.15) is 22.8 Å². The minimum absolute atomic E-state index is 0.0431. The summed E-state index contributed by atoms with van der Waals surface area (Å²) in [6.45, 7) is 3.75. The fourth-order valence-corrected chi connectivity index (χ4v) is 4.99. The normalized spacial score (nSPS) is 14.7. The highest BCUT2D eigenvalue weighted by Gasteiger charge is 2.34. The zero-order chi connectivity index (χ0) is 29.1. The van der Waals surface area contributed by atoms with Crippen LogP contribution in [0.4, 0.5) is 0 Å². The molecule has 1 fully saturated rings. The quantitative estimate of drug-likeness (QED) is 0.130. The number of halogens is 2. The van der Waals surface area contributed by atoms with Crippen molar-refractivity contribution in [1.82, 2.24) is 20.3 Å². The number of aromatic nitrogens is 4. The van der Waals surface area contributed by atoms with E-state index >= 15 is 0 Å². The van der Waals surface area contributed by atoms with E-state index in [1.165, 1.54) is 37.7 Å². The molecule has 3 heterocycles. The van der Waals surface area contributed by atoms with Crippen molar-refractivity contribution in [2.45, 2.75) is 43.6 Å². The molecule has 10 nitrogen and oxygen atoms in total. The predicted molar refractivity (Wildman–Crippen MR) is 152 cm³/mol. The number of methoxy groups -OCH3 is 1. The van der Waals surface area contributed by atoms with Crippen LogP contribution in [0.25, 0.3) is 28.7 Å². The third kappa shape index (κ3) is 5.90. The molecule has 1 aliphatic carbocycles. The minimum atomic E-state index is -1.58. The molecule has 1 saturated carbocycles. The van der Waals surface area contributed by atoms with Gasteiger partial charge in [-0.05, 0) is 50.3 Å². The smallest absolute Gasteiger partial charge is 0.339 e. The van der Waals surface area contributed by atoms with E-state index in [0.29, 0.717) is 45.6 Å². The largest absolute Gasteiger partial charge is 0.496 e. The molecule has 1 aromatic carbocycles. The van der Waals surface area contributed by atoms with E-state index in [1.54, 1.807) is 6.07 Å². The number of aromatic carboxylic acids is 1. The van der Waals surface area contributed by atoms with E-state index in [9.17, 15) is 15.0 Å². The van der Waals surface area contributed by atoms with Crippen LogP contribution in [0.1, 0.15) is 65.6 Å². The van der Waals surface area contributed by atoms with Gasteiger partial charge in [0, 0.05) is 35.0 Å². The van der Waals surface area contributed by atoms with E-state index in [2.05, 4.69) is 26.9 Å². The molecule has 41 heavy (non-hydrogen) atoms. The van der Waals surface area contributed by atoms with Gasteiger partial charge >= 0.3 is 5.97 Å². The fraction of sp³-hybridized carbons (Fsp3) is 0.276. The number of nitrogens with zero attached hydrogens (tertiary/aromatic N) is 4. The molecule has 1 atom stereocenters. The number of carboxylic acids is 1. The second-order valence-electron chi connectivity index (χ2n) is 9.63. The van der Waals surface area contributed by atoms with Crippen LogP contribution in [0.3, 0.4) is 0 Å². The van der Waals surface area contributed by atoms with E-state index in [0.717, 1.165) is 24.2 Å². The second-order valence-corrected chi connectivity index (χ2v) is 10.4. The monoisotopic (exact) mass is 596 g/mol. The number of hydrogen-bond donors (Lipinski definition) is 2. The van der Waals surface area contributed by atoms with E-state index in [1.807, 2.05) is 12.2 Å². The van der Waals surface area contributed by atoms with Gasteiger partial charge in [-0.2, -0.15) is 4.98 Å². The van der Waals surface area contributed by atoms with Crippen LogP contribution in [0, 0.1) is 0 Å². The van der Waals surface area contributed by atoms with E-state index in [4.69, 9.17) is 37.0 Å². The maximum absolute atomic E-state index is 11.6. The molecule has 4 aromatic rings. The lowest BCUT2D eigenvalue weighted by Gasteiger charge is -2.19. The van der Waals surface area contributed by atoms with Crippen molar-refractivity contribution in [2.24, 2.45) is 0 Å². The predicted octanol–water partition coefficient (Wildman–Crippen LogP) is 6.93. The Hall–Kier alpha value is -3.99. The van der Waals surface area contributed by atoms with Crippen molar-refractivity contribution >= 4 is 35.2 Å². The van der Waals surface area contributed by atoms with Crippen molar-refractivity contribution in [3.63, 3.8) is 0 Å². The Morgan fingerprint density at radius 2 is 1.98 bits per heavy atom. The summed E-state index contributed by atoms with van der Waals surface area (Å²) in [5.41, 5.74) is 0.726. The lowest BCUT2D eigenvalue weighted by Crippen LogP contribution is -2.23. The first-order valence-corrected chi connectivity index (χ1v) is 13.6. The van der Waals surface area contributed by atoms with Crippen LogP contribution in [0.5, 0.6) is 5.75 Å². The van der Waals surface area contributed by atoms with Crippen LogP contribution in [0.2, 0.25) is 10.0 Å². The fourth-order valence-electron chi connectivity index (χ4n) is 4.45. The first-order chi connectivity index (χ1) is 19.8. The zero-order valence-electron chi connectivity index (χ0n) is 22.0. The molecular weight excluding hydrogens is 571 g/mol. The summed E-state index contributed by atoms with van der Waals surface area (Å²) in [7, 11) is 1.39. The summed E-state index contributed by atoms with van der Waals surface area (Å²) in [5, 5.41) is 29.7. The van der Waals surface area contributed by atoms with Crippen LogP contribution in [0.15, 0.2) is 58.4 Å². The molecule has 0 bridgehead atoms. The van der Waals surface area contributed by atoms with Crippen molar-refractivity contribution < 1.29 is 28.8 Å². The third-order valence-corrected chi connectivity index (χ3v) is 7.40. The summed E-state index contributed by atoms with van der Waals surface area (Å²) in [6, 6.07) is 4.50. The maximum atomic E-state index is 11.6.